The van der Waals surface area contributed by atoms with Gasteiger partial charge < -0.3 is 14.8 Å². The van der Waals surface area contributed by atoms with Crippen LogP contribution in [0.15, 0.2) is 30.6 Å². The largest absolute Gasteiger partial charge is 0.480 e. The molecule has 2 N–H and O–H groups in total. The fraction of sp³-hybridized carbons (Fsp3) is 0.231. The summed E-state index contributed by atoms with van der Waals surface area (Å²) < 4.78 is 1.86. The predicted molar refractivity (Wildman–Crippen MR) is 66.0 cm³/mol. The molecule has 2 rings (SSSR count). The average molecular weight is 243 g/mol. The first-order valence-electron chi connectivity index (χ1n) is 5.58. The van der Waals surface area contributed by atoms with Crippen LogP contribution in [0.3, 0.4) is 0 Å². The van der Waals surface area contributed by atoms with E-state index in [1.807, 2.05) is 35.0 Å². The van der Waals surface area contributed by atoms with E-state index in [0.717, 1.165) is 11.1 Å². The van der Waals surface area contributed by atoms with Gasteiger partial charge in [-0.2, -0.15) is 5.26 Å². The van der Waals surface area contributed by atoms with Crippen LogP contribution in [0.2, 0.25) is 0 Å². The van der Waals surface area contributed by atoms with E-state index in [0.29, 0.717) is 12.1 Å². The number of carbonyl (C=O) groups is 1. The van der Waals surface area contributed by atoms with E-state index in [-0.39, 0.29) is 0 Å². The van der Waals surface area contributed by atoms with Gasteiger partial charge in [-0.3, -0.25) is 4.79 Å². The molecule has 0 fully saturated rings. The second kappa shape index (κ2) is 4.90. The van der Waals surface area contributed by atoms with Gasteiger partial charge in [0.05, 0.1) is 11.1 Å². The summed E-state index contributed by atoms with van der Waals surface area (Å²) in [5, 5.41) is 20.8. The number of carboxylic acids is 1. The average Bonchev–Trinajstić information content (AvgIpc) is 2.73. The maximum Gasteiger partial charge on any atom is 0.320 e. The summed E-state index contributed by atoms with van der Waals surface area (Å²) in [6.45, 7) is 1.93. The van der Waals surface area contributed by atoms with Gasteiger partial charge in [0, 0.05) is 24.5 Å². The zero-order valence-corrected chi connectivity index (χ0v) is 9.92. The molecule has 0 radical (unpaired) electrons. The molecule has 5 heteroatoms. The minimum Gasteiger partial charge on any atom is -0.480 e. The van der Waals surface area contributed by atoms with Crippen LogP contribution in [0.5, 0.6) is 0 Å². The Labute approximate surface area is 104 Å². The van der Waals surface area contributed by atoms with E-state index in [1.54, 1.807) is 6.92 Å². The van der Waals surface area contributed by atoms with Crippen LogP contribution in [0, 0.1) is 11.3 Å². The number of hydrogen-bond donors (Lipinski definition) is 2. The van der Waals surface area contributed by atoms with Crippen molar-refractivity contribution < 1.29 is 9.90 Å². The molecule has 2 heterocycles. The molecule has 0 aliphatic heterocycles. The summed E-state index contributed by atoms with van der Waals surface area (Å²) in [7, 11) is 0. The summed E-state index contributed by atoms with van der Waals surface area (Å²) >= 11 is 0. The maximum atomic E-state index is 10.7. The van der Waals surface area contributed by atoms with E-state index in [4.69, 9.17) is 5.11 Å². The first-order chi connectivity index (χ1) is 8.63. The Hall–Kier alpha value is -2.32. The van der Waals surface area contributed by atoms with E-state index in [2.05, 4.69) is 11.4 Å². The standard InChI is InChI=1S/C13H13N3O2/c1-9(13(17)18)15-7-10-8-16-5-3-2-4-12(16)11(10)6-14/h2-5,8-9,15H,7H2,1H3,(H,17,18)/t9-/m0/s1. The molecule has 2 aromatic rings. The molecular weight excluding hydrogens is 230 g/mol. The highest BCUT2D eigenvalue weighted by Crippen LogP contribution is 2.17. The van der Waals surface area contributed by atoms with Gasteiger partial charge in [0.25, 0.3) is 0 Å². The second-order valence-corrected chi connectivity index (χ2v) is 4.08. The molecule has 2 aromatic heterocycles. The SMILES string of the molecule is C[C@H](NCc1cn2ccccc2c1C#N)C(=O)O. The highest BCUT2D eigenvalue weighted by Gasteiger charge is 2.13. The molecule has 0 spiro atoms. The Morgan fingerprint density at radius 2 is 2.39 bits per heavy atom. The van der Waals surface area contributed by atoms with Crippen molar-refractivity contribution in [3.8, 4) is 6.07 Å². The van der Waals surface area contributed by atoms with Crippen molar-refractivity contribution in [2.45, 2.75) is 19.5 Å². The zero-order valence-electron chi connectivity index (χ0n) is 9.92. The second-order valence-electron chi connectivity index (χ2n) is 4.08. The number of pyridine rings is 1. The third-order valence-corrected chi connectivity index (χ3v) is 2.84. The van der Waals surface area contributed by atoms with E-state index < -0.39 is 12.0 Å². The number of carboxylic acid groups (broad SMARTS) is 1. The Bertz CT molecular complexity index is 625. The molecule has 0 amide bonds. The molecule has 5 nitrogen and oxygen atoms in total. The summed E-state index contributed by atoms with van der Waals surface area (Å²) in [4.78, 5) is 10.7. The lowest BCUT2D eigenvalue weighted by molar-refractivity contribution is -0.139. The van der Waals surface area contributed by atoms with Gasteiger partial charge >= 0.3 is 5.97 Å². The monoisotopic (exact) mass is 243 g/mol. The molecule has 0 saturated carbocycles. The fourth-order valence-corrected chi connectivity index (χ4v) is 1.79. The normalized spacial score (nSPS) is 12.2. The highest BCUT2D eigenvalue weighted by atomic mass is 16.4. The van der Waals surface area contributed by atoms with Gasteiger partial charge in [0.2, 0.25) is 0 Å². The number of hydrogen-bond acceptors (Lipinski definition) is 3. The number of aliphatic carboxylic acids is 1. The van der Waals surface area contributed by atoms with Crippen molar-refractivity contribution in [2.75, 3.05) is 0 Å². The Balaban J connectivity index is 2.28. The molecule has 0 saturated heterocycles. The van der Waals surface area contributed by atoms with E-state index >= 15 is 0 Å². The van der Waals surface area contributed by atoms with Crippen molar-refractivity contribution in [3.63, 3.8) is 0 Å². The molecule has 92 valence electrons. The minimum absolute atomic E-state index is 0.359. The number of aromatic nitrogens is 1. The van der Waals surface area contributed by atoms with Gasteiger partial charge in [0.15, 0.2) is 0 Å². The molecule has 0 aliphatic carbocycles. The molecule has 0 aromatic carbocycles. The van der Waals surface area contributed by atoms with Gasteiger partial charge in [-0.15, -0.1) is 0 Å². The summed E-state index contributed by atoms with van der Waals surface area (Å²) in [6.07, 6.45) is 3.70. The van der Waals surface area contributed by atoms with Gasteiger partial charge in [-0.1, -0.05) is 6.07 Å². The summed E-state index contributed by atoms with van der Waals surface area (Å²) in [6, 6.07) is 7.14. The van der Waals surface area contributed by atoms with E-state index in [9.17, 15) is 10.1 Å². The van der Waals surface area contributed by atoms with Crippen LogP contribution in [0.25, 0.3) is 5.52 Å². The van der Waals surface area contributed by atoms with Crippen LogP contribution < -0.4 is 5.32 Å². The van der Waals surface area contributed by atoms with Crippen molar-refractivity contribution >= 4 is 11.5 Å². The fourth-order valence-electron chi connectivity index (χ4n) is 1.79. The number of fused-ring (bicyclic) bond motifs is 1. The lowest BCUT2D eigenvalue weighted by Gasteiger charge is -2.07. The predicted octanol–water partition coefficient (Wildman–Crippen LogP) is 1.37. The van der Waals surface area contributed by atoms with Crippen molar-refractivity contribution in [1.82, 2.24) is 9.72 Å². The lowest BCUT2D eigenvalue weighted by Crippen LogP contribution is -2.33. The molecule has 1 atom stereocenters. The first-order valence-corrected chi connectivity index (χ1v) is 5.58. The minimum atomic E-state index is -0.905. The van der Waals surface area contributed by atoms with Gasteiger partial charge in [0.1, 0.15) is 12.1 Å². The molecule has 0 aliphatic rings. The third-order valence-electron chi connectivity index (χ3n) is 2.84. The summed E-state index contributed by atoms with van der Waals surface area (Å²) in [5.41, 5.74) is 2.22. The Morgan fingerprint density at radius 3 is 3.06 bits per heavy atom. The topological polar surface area (TPSA) is 77.5 Å². The van der Waals surface area contributed by atoms with Crippen molar-refractivity contribution in [1.29, 1.82) is 5.26 Å². The van der Waals surface area contributed by atoms with E-state index in [1.165, 1.54) is 0 Å². The van der Waals surface area contributed by atoms with Crippen LogP contribution in [0.4, 0.5) is 0 Å². The smallest absolute Gasteiger partial charge is 0.320 e. The van der Waals surface area contributed by atoms with Crippen molar-refractivity contribution in [3.05, 3.63) is 41.7 Å². The third kappa shape index (κ3) is 2.19. The molecule has 0 bridgehead atoms. The number of nitriles is 1. The zero-order chi connectivity index (χ0) is 13.1. The van der Waals surface area contributed by atoms with Gasteiger partial charge in [-0.25, -0.2) is 0 Å². The van der Waals surface area contributed by atoms with Crippen LogP contribution >= 0.6 is 0 Å². The molecular formula is C13H13N3O2. The number of nitrogens with zero attached hydrogens (tertiary/aromatic N) is 2. The quantitative estimate of drug-likeness (QED) is 0.850. The summed E-state index contributed by atoms with van der Waals surface area (Å²) in [5.74, 6) is -0.905. The lowest BCUT2D eigenvalue weighted by atomic mass is 10.1. The number of rotatable bonds is 4. The van der Waals surface area contributed by atoms with Crippen LogP contribution in [0.1, 0.15) is 18.1 Å². The molecule has 0 unspecified atom stereocenters. The first kappa shape index (κ1) is 12.1. The molecule has 18 heavy (non-hydrogen) atoms. The maximum absolute atomic E-state index is 10.7. The van der Waals surface area contributed by atoms with Crippen molar-refractivity contribution in [2.24, 2.45) is 0 Å². The Kier molecular flexibility index (Phi) is 3.31. The van der Waals surface area contributed by atoms with Gasteiger partial charge in [-0.05, 0) is 19.1 Å². The Morgan fingerprint density at radius 1 is 1.61 bits per heavy atom. The van der Waals surface area contributed by atoms with Crippen LogP contribution in [-0.4, -0.2) is 21.5 Å². The highest BCUT2D eigenvalue weighted by molar-refractivity contribution is 5.73. The van der Waals surface area contributed by atoms with Crippen LogP contribution in [-0.2, 0) is 11.3 Å². The number of nitrogens with one attached hydrogen (secondary N) is 1.